The third-order valence-corrected chi connectivity index (χ3v) is 5.83. The number of hydrogen-bond acceptors (Lipinski definition) is 6. The first-order valence-electron chi connectivity index (χ1n) is 10.8. The first-order chi connectivity index (χ1) is 15.5. The third-order valence-electron chi connectivity index (χ3n) is 5.83. The number of rotatable bonds is 7. The van der Waals surface area contributed by atoms with Gasteiger partial charge >= 0.3 is 0 Å². The number of aliphatic hydroxyl groups is 1. The number of amides is 1. The van der Waals surface area contributed by atoms with Gasteiger partial charge in [-0.3, -0.25) is 9.59 Å². The SMILES string of the molecule is CCOc1ccc(C2/C(=C(\O)c3ccc(OC)cc3)C(=O)C(=O)N2CC2CCCO2)cc1. The van der Waals surface area contributed by atoms with Gasteiger partial charge < -0.3 is 24.2 Å². The summed E-state index contributed by atoms with van der Waals surface area (Å²) < 4.78 is 16.4. The Hall–Kier alpha value is -3.32. The highest BCUT2D eigenvalue weighted by Crippen LogP contribution is 2.40. The summed E-state index contributed by atoms with van der Waals surface area (Å²) in [6.45, 7) is 3.38. The van der Waals surface area contributed by atoms with E-state index in [0.29, 0.717) is 36.8 Å². The van der Waals surface area contributed by atoms with Gasteiger partial charge in [0.2, 0.25) is 0 Å². The zero-order chi connectivity index (χ0) is 22.7. The second-order valence-electron chi connectivity index (χ2n) is 7.82. The number of likely N-dealkylation sites (tertiary alicyclic amines) is 1. The number of nitrogens with zero attached hydrogens (tertiary/aromatic N) is 1. The van der Waals surface area contributed by atoms with Crippen LogP contribution in [-0.2, 0) is 14.3 Å². The van der Waals surface area contributed by atoms with Crippen molar-refractivity contribution in [3.05, 3.63) is 65.2 Å². The van der Waals surface area contributed by atoms with Gasteiger partial charge in [0.1, 0.15) is 17.3 Å². The molecule has 1 amide bonds. The lowest BCUT2D eigenvalue weighted by molar-refractivity contribution is -0.140. The Balaban J connectivity index is 1.77. The van der Waals surface area contributed by atoms with Gasteiger partial charge in [-0.1, -0.05) is 12.1 Å². The molecule has 0 bridgehead atoms. The van der Waals surface area contributed by atoms with Gasteiger partial charge in [0.25, 0.3) is 11.7 Å². The number of hydrogen-bond donors (Lipinski definition) is 1. The van der Waals surface area contributed by atoms with Crippen LogP contribution in [0.4, 0.5) is 0 Å². The van der Waals surface area contributed by atoms with Crippen molar-refractivity contribution in [1.82, 2.24) is 4.90 Å². The molecule has 2 heterocycles. The number of benzene rings is 2. The maximum absolute atomic E-state index is 13.1. The summed E-state index contributed by atoms with van der Waals surface area (Å²) in [5, 5.41) is 11.1. The normalized spacial score (nSPS) is 22.4. The minimum absolute atomic E-state index is 0.0716. The molecule has 2 aliphatic rings. The van der Waals surface area contributed by atoms with E-state index < -0.39 is 17.7 Å². The van der Waals surface area contributed by atoms with Crippen LogP contribution in [0.2, 0.25) is 0 Å². The van der Waals surface area contributed by atoms with Crippen molar-refractivity contribution in [2.24, 2.45) is 0 Å². The summed E-state index contributed by atoms with van der Waals surface area (Å²) in [4.78, 5) is 27.6. The lowest BCUT2D eigenvalue weighted by Crippen LogP contribution is -2.36. The van der Waals surface area contributed by atoms with Crippen LogP contribution in [0.1, 0.15) is 36.9 Å². The molecule has 0 aliphatic carbocycles. The minimum Gasteiger partial charge on any atom is -0.507 e. The van der Waals surface area contributed by atoms with Crippen LogP contribution < -0.4 is 9.47 Å². The topological polar surface area (TPSA) is 85.3 Å². The fourth-order valence-corrected chi connectivity index (χ4v) is 4.24. The van der Waals surface area contributed by atoms with E-state index in [1.54, 1.807) is 43.5 Å². The standard InChI is InChI=1S/C25H27NO6/c1-3-31-19-12-6-16(7-13-19)22-21(23(27)17-8-10-18(30-2)11-9-17)24(28)25(29)26(22)15-20-5-4-14-32-20/h6-13,20,22,27H,3-5,14-15H2,1-2H3/b23-21+. The van der Waals surface area contributed by atoms with E-state index in [0.717, 1.165) is 18.4 Å². The van der Waals surface area contributed by atoms with Gasteiger partial charge in [-0.25, -0.2) is 0 Å². The number of ether oxygens (including phenoxy) is 3. The van der Waals surface area contributed by atoms with Crippen LogP contribution in [-0.4, -0.2) is 54.7 Å². The Morgan fingerprint density at radius 2 is 1.78 bits per heavy atom. The average molecular weight is 437 g/mol. The summed E-state index contributed by atoms with van der Waals surface area (Å²) >= 11 is 0. The van der Waals surface area contributed by atoms with Crippen LogP contribution >= 0.6 is 0 Å². The minimum atomic E-state index is -0.711. The molecule has 0 radical (unpaired) electrons. The second-order valence-corrected chi connectivity index (χ2v) is 7.82. The molecule has 2 unspecified atom stereocenters. The van der Waals surface area contributed by atoms with E-state index in [2.05, 4.69) is 0 Å². The Labute approximate surface area is 187 Å². The molecule has 7 nitrogen and oxygen atoms in total. The number of carbonyl (C=O) groups is 2. The third kappa shape index (κ3) is 4.21. The zero-order valence-electron chi connectivity index (χ0n) is 18.2. The van der Waals surface area contributed by atoms with Crippen molar-refractivity contribution < 1.29 is 28.9 Å². The van der Waals surface area contributed by atoms with Crippen LogP contribution in [0.25, 0.3) is 5.76 Å². The van der Waals surface area contributed by atoms with E-state index >= 15 is 0 Å². The average Bonchev–Trinajstić information content (AvgIpc) is 3.42. The Kier molecular flexibility index (Phi) is 6.46. The van der Waals surface area contributed by atoms with Gasteiger partial charge in [0, 0.05) is 18.7 Å². The Morgan fingerprint density at radius 3 is 2.38 bits per heavy atom. The fraction of sp³-hybridized carbons (Fsp3) is 0.360. The summed E-state index contributed by atoms with van der Waals surface area (Å²) in [7, 11) is 1.55. The van der Waals surface area contributed by atoms with Gasteiger partial charge in [0.15, 0.2) is 0 Å². The smallest absolute Gasteiger partial charge is 0.295 e. The zero-order valence-corrected chi connectivity index (χ0v) is 18.2. The molecule has 0 aromatic heterocycles. The maximum Gasteiger partial charge on any atom is 0.295 e. The number of Topliss-reactive ketones (excluding diaryl/α,β-unsaturated/α-hetero) is 1. The lowest BCUT2D eigenvalue weighted by atomic mass is 9.95. The molecule has 2 atom stereocenters. The van der Waals surface area contributed by atoms with Crippen molar-refractivity contribution >= 4 is 17.4 Å². The van der Waals surface area contributed by atoms with Gasteiger partial charge in [0.05, 0.1) is 31.4 Å². The molecule has 7 heteroatoms. The Morgan fingerprint density at radius 1 is 1.09 bits per heavy atom. The molecule has 2 saturated heterocycles. The molecule has 168 valence electrons. The van der Waals surface area contributed by atoms with E-state index in [9.17, 15) is 14.7 Å². The van der Waals surface area contributed by atoms with E-state index in [1.807, 2.05) is 19.1 Å². The highest BCUT2D eigenvalue weighted by molar-refractivity contribution is 6.46. The van der Waals surface area contributed by atoms with Crippen LogP contribution in [0, 0.1) is 0 Å². The van der Waals surface area contributed by atoms with Crippen molar-refractivity contribution in [2.75, 3.05) is 26.9 Å². The number of ketones is 1. The van der Waals surface area contributed by atoms with E-state index in [4.69, 9.17) is 14.2 Å². The van der Waals surface area contributed by atoms with Gasteiger partial charge in [-0.15, -0.1) is 0 Å². The van der Waals surface area contributed by atoms with Crippen molar-refractivity contribution in [1.29, 1.82) is 0 Å². The quantitative estimate of drug-likeness (QED) is 0.404. The molecule has 32 heavy (non-hydrogen) atoms. The first kappa shape index (κ1) is 21.9. The van der Waals surface area contributed by atoms with Crippen molar-refractivity contribution in [2.45, 2.75) is 31.9 Å². The van der Waals surface area contributed by atoms with Crippen LogP contribution in [0.3, 0.4) is 0 Å². The first-order valence-corrected chi connectivity index (χ1v) is 10.8. The largest absolute Gasteiger partial charge is 0.507 e. The second kappa shape index (κ2) is 9.44. The van der Waals surface area contributed by atoms with Crippen molar-refractivity contribution in [3.8, 4) is 11.5 Å². The predicted molar refractivity (Wildman–Crippen MR) is 119 cm³/mol. The molecule has 2 aromatic carbocycles. The molecule has 0 spiro atoms. The number of carbonyl (C=O) groups excluding carboxylic acids is 2. The van der Waals surface area contributed by atoms with Crippen LogP contribution in [0.15, 0.2) is 54.1 Å². The molecule has 2 aromatic rings. The van der Waals surface area contributed by atoms with Crippen molar-refractivity contribution in [3.63, 3.8) is 0 Å². The van der Waals surface area contributed by atoms with Gasteiger partial charge in [-0.05, 0) is 61.7 Å². The number of aliphatic hydroxyl groups excluding tert-OH is 1. The monoisotopic (exact) mass is 437 g/mol. The summed E-state index contributed by atoms with van der Waals surface area (Å²) in [5.41, 5.74) is 1.24. The molecular weight excluding hydrogens is 410 g/mol. The number of methoxy groups -OCH3 is 1. The highest BCUT2D eigenvalue weighted by atomic mass is 16.5. The molecule has 2 fully saturated rings. The molecule has 1 N–H and O–H groups in total. The molecular formula is C25H27NO6. The van der Waals surface area contributed by atoms with E-state index in [1.165, 1.54) is 4.90 Å². The van der Waals surface area contributed by atoms with Crippen LogP contribution in [0.5, 0.6) is 11.5 Å². The van der Waals surface area contributed by atoms with Gasteiger partial charge in [-0.2, -0.15) is 0 Å². The summed E-state index contributed by atoms with van der Waals surface area (Å²) in [6, 6.07) is 13.3. The summed E-state index contributed by atoms with van der Waals surface area (Å²) in [6.07, 6.45) is 1.63. The van der Waals surface area contributed by atoms with E-state index in [-0.39, 0.29) is 17.4 Å². The lowest BCUT2D eigenvalue weighted by Gasteiger charge is -2.27. The highest BCUT2D eigenvalue weighted by Gasteiger charge is 2.47. The fourth-order valence-electron chi connectivity index (χ4n) is 4.24. The molecule has 2 aliphatic heterocycles. The Bertz CT molecular complexity index is 1010. The summed E-state index contributed by atoms with van der Waals surface area (Å²) in [5.74, 6) is -0.213. The maximum atomic E-state index is 13.1. The predicted octanol–water partition coefficient (Wildman–Crippen LogP) is 3.69. The molecule has 4 rings (SSSR count). The molecule has 0 saturated carbocycles.